The molecule has 2 atom stereocenters. The van der Waals surface area contributed by atoms with Gasteiger partial charge in [-0.2, -0.15) is 0 Å². The van der Waals surface area contributed by atoms with Crippen LogP contribution >= 0.6 is 0 Å². The quantitative estimate of drug-likeness (QED) is 0.744. The van der Waals surface area contributed by atoms with Crippen LogP contribution in [-0.4, -0.2) is 50.0 Å². The van der Waals surface area contributed by atoms with Gasteiger partial charge in [-0.3, -0.25) is 0 Å². The lowest BCUT2D eigenvalue weighted by atomic mass is 10.0. The van der Waals surface area contributed by atoms with Crippen LogP contribution in [0.3, 0.4) is 0 Å². The number of likely N-dealkylation sites (N-methyl/N-ethyl adjacent to an activating group) is 1. The highest BCUT2D eigenvalue weighted by molar-refractivity contribution is 5.19. The second-order valence-corrected chi connectivity index (χ2v) is 4.82. The summed E-state index contributed by atoms with van der Waals surface area (Å²) < 4.78 is 17.7. The number of aliphatic hydroxyl groups excluding tert-OH is 1. The van der Waals surface area contributed by atoms with Crippen molar-refractivity contribution in [3.8, 4) is 0 Å². The van der Waals surface area contributed by atoms with E-state index in [2.05, 4.69) is 0 Å². The number of hydrogen-bond donors (Lipinski definition) is 2. The first-order valence-electron chi connectivity index (χ1n) is 6.39. The molecule has 0 saturated heterocycles. The summed E-state index contributed by atoms with van der Waals surface area (Å²) in [7, 11) is 3.49. The topological polar surface area (TPSA) is 58.7 Å². The van der Waals surface area contributed by atoms with Crippen molar-refractivity contribution in [3.05, 3.63) is 35.6 Å². The van der Waals surface area contributed by atoms with Gasteiger partial charge in [0, 0.05) is 19.7 Å². The van der Waals surface area contributed by atoms with Gasteiger partial charge in [-0.1, -0.05) is 12.1 Å². The third kappa shape index (κ3) is 6.11. The van der Waals surface area contributed by atoms with Gasteiger partial charge in [-0.15, -0.1) is 0 Å². The zero-order chi connectivity index (χ0) is 14.3. The van der Waals surface area contributed by atoms with Crippen molar-refractivity contribution in [2.24, 2.45) is 5.73 Å². The van der Waals surface area contributed by atoms with Crippen LogP contribution in [0.2, 0.25) is 0 Å². The van der Waals surface area contributed by atoms with E-state index < -0.39 is 6.10 Å². The number of nitrogens with two attached hydrogens (primary N) is 1. The molecule has 0 aliphatic heterocycles. The van der Waals surface area contributed by atoms with E-state index in [-0.39, 0.29) is 11.9 Å². The van der Waals surface area contributed by atoms with Crippen LogP contribution in [0.25, 0.3) is 0 Å². The number of nitrogens with zero attached hydrogens (tertiary/aromatic N) is 1. The first-order chi connectivity index (χ1) is 9.02. The van der Waals surface area contributed by atoms with Gasteiger partial charge in [0.1, 0.15) is 5.82 Å². The Balaban J connectivity index is 2.33. The van der Waals surface area contributed by atoms with Crippen LogP contribution in [0.4, 0.5) is 4.39 Å². The van der Waals surface area contributed by atoms with Crippen molar-refractivity contribution >= 4 is 0 Å². The van der Waals surface area contributed by atoms with Crippen molar-refractivity contribution in [1.29, 1.82) is 0 Å². The Morgan fingerprint density at radius 2 is 2.00 bits per heavy atom. The molecule has 2 unspecified atom stereocenters. The van der Waals surface area contributed by atoms with Crippen LogP contribution in [0.5, 0.6) is 0 Å². The van der Waals surface area contributed by atoms with Gasteiger partial charge in [0.05, 0.1) is 12.7 Å². The Kier molecular flexibility index (Phi) is 6.94. The van der Waals surface area contributed by atoms with Gasteiger partial charge in [0.25, 0.3) is 0 Å². The number of benzene rings is 1. The number of hydrogen-bond acceptors (Lipinski definition) is 4. The Bertz CT molecular complexity index is 359. The Morgan fingerprint density at radius 3 is 2.58 bits per heavy atom. The monoisotopic (exact) mass is 270 g/mol. The molecule has 108 valence electrons. The standard InChI is InChI=1S/C14H23FN2O2/c1-17(9-13(18)10-19-2)8-7-14(16)11-3-5-12(15)6-4-11/h3-6,13-14,18H,7-10,16H2,1-2H3. The lowest BCUT2D eigenvalue weighted by Gasteiger charge is -2.22. The lowest BCUT2D eigenvalue weighted by Crippen LogP contribution is -2.33. The van der Waals surface area contributed by atoms with E-state index in [4.69, 9.17) is 10.5 Å². The van der Waals surface area contributed by atoms with E-state index in [1.165, 1.54) is 12.1 Å². The predicted octanol–water partition coefficient (Wildman–Crippen LogP) is 1.15. The maximum Gasteiger partial charge on any atom is 0.123 e. The first kappa shape index (κ1) is 16.0. The summed E-state index contributed by atoms with van der Waals surface area (Å²) in [5.74, 6) is -0.254. The molecule has 3 N–H and O–H groups in total. The number of aliphatic hydroxyl groups is 1. The van der Waals surface area contributed by atoms with Gasteiger partial charge in [0.15, 0.2) is 0 Å². The van der Waals surface area contributed by atoms with Crippen LogP contribution in [0.1, 0.15) is 18.0 Å². The molecule has 0 spiro atoms. The first-order valence-corrected chi connectivity index (χ1v) is 6.39. The molecule has 19 heavy (non-hydrogen) atoms. The lowest BCUT2D eigenvalue weighted by molar-refractivity contribution is 0.0428. The number of methoxy groups -OCH3 is 1. The highest BCUT2D eigenvalue weighted by Gasteiger charge is 2.11. The summed E-state index contributed by atoms with van der Waals surface area (Å²) in [5, 5.41) is 9.59. The summed E-state index contributed by atoms with van der Waals surface area (Å²) in [5.41, 5.74) is 6.97. The van der Waals surface area contributed by atoms with E-state index >= 15 is 0 Å². The van der Waals surface area contributed by atoms with E-state index in [0.29, 0.717) is 13.2 Å². The molecule has 0 saturated carbocycles. The average molecular weight is 270 g/mol. The van der Waals surface area contributed by atoms with E-state index in [1.54, 1.807) is 19.2 Å². The zero-order valence-corrected chi connectivity index (χ0v) is 11.6. The minimum Gasteiger partial charge on any atom is -0.389 e. The molecule has 4 nitrogen and oxygen atoms in total. The van der Waals surface area contributed by atoms with Gasteiger partial charge in [-0.05, 0) is 37.7 Å². The fourth-order valence-corrected chi connectivity index (χ4v) is 1.93. The van der Waals surface area contributed by atoms with E-state index in [0.717, 1.165) is 18.5 Å². The number of ether oxygens (including phenoxy) is 1. The fraction of sp³-hybridized carbons (Fsp3) is 0.571. The van der Waals surface area contributed by atoms with Crippen LogP contribution < -0.4 is 5.73 Å². The fourth-order valence-electron chi connectivity index (χ4n) is 1.93. The maximum atomic E-state index is 12.8. The summed E-state index contributed by atoms with van der Waals surface area (Å²) in [6, 6.07) is 6.13. The normalized spacial score (nSPS) is 14.6. The smallest absolute Gasteiger partial charge is 0.123 e. The molecule has 1 aromatic rings. The SMILES string of the molecule is COCC(O)CN(C)CCC(N)c1ccc(F)cc1. The van der Waals surface area contributed by atoms with Crippen LogP contribution in [-0.2, 0) is 4.74 Å². The van der Waals surface area contributed by atoms with Crippen molar-refractivity contribution in [2.45, 2.75) is 18.6 Å². The van der Waals surface area contributed by atoms with Crippen molar-refractivity contribution < 1.29 is 14.2 Å². The zero-order valence-electron chi connectivity index (χ0n) is 11.6. The van der Waals surface area contributed by atoms with Crippen molar-refractivity contribution in [1.82, 2.24) is 4.90 Å². The van der Waals surface area contributed by atoms with Gasteiger partial charge in [0.2, 0.25) is 0 Å². The van der Waals surface area contributed by atoms with Crippen LogP contribution in [0, 0.1) is 5.82 Å². The molecule has 0 heterocycles. The van der Waals surface area contributed by atoms with Gasteiger partial charge in [-0.25, -0.2) is 4.39 Å². The summed E-state index contributed by atoms with van der Waals surface area (Å²) >= 11 is 0. The average Bonchev–Trinajstić information content (AvgIpc) is 2.37. The number of rotatable bonds is 8. The molecular formula is C14H23FN2O2. The number of halogens is 1. The Morgan fingerprint density at radius 1 is 1.37 bits per heavy atom. The minimum absolute atomic E-state index is 0.123. The molecule has 1 aromatic carbocycles. The van der Waals surface area contributed by atoms with E-state index in [9.17, 15) is 9.50 Å². The summed E-state index contributed by atoms with van der Waals surface area (Å²) in [4.78, 5) is 2.01. The molecule has 0 aliphatic carbocycles. The molecular weight excluding hydrogens is 247 g/mol. The third-order valence-electron chi connectivity index (χ3n) is 3.00. The maximum absolute atomic E-state index is 12.8. The van der Waals surface area contributed by atoms with Gasteiger partial charge < -0.3 is 20.5 Å². The Labute approximate surface area is 114 Å². The molecule has 0 bridgehead atoms. The molecule has 0 fully saturated rings. The summed E-state index contributed by atoms with van der Waals surface area (Å²) in [6.45, 7) is 1.64. The highest BCUT2D eigenvalue weighted by Crippen LogP contribution is 2.14. The van der Waals surface area contributed by atoms with Crippen LogP contribution in [0.15, 0.2) is 24.3 Å². The third-order valence-corrected chi connectivity index (χ3v) is 3.00. The van der Waals surface area contributed by atoms with E-state index in [1.807, 2.05) is 11.9 Å². The molecule has 1 rings (SSSR count). The second kappa shape index (κ2) is 8.22. The molecule has 0 aliphatic rings. The molecule has 5 heteroatoms. The van der Waals surface area contributed by atoms with Crippen molar-refractivity contribution in [2.75, 3.05) is 33.9 Å². The van der Waals surface area contributed by atoms with Crippen molar-refractivity contribution in [3.63, 3.8) is 0 Å². The molecule has 0 radical (unpaired) electrons. The van der Waals surface area contributed by atoms with Gasteiger partial charge >= 0.3 is 0 Å². The predicted molar refractivity (Wildman–Crippen MR) is 73.3 cm³/mol. The summed E-state index contributed by atoms with van der Waals surface area (Å²) in [6.07, 6.45) is 0.263. The molecule has 0 amide bonds. The highest BCUT2D eigenvalue weighted by atomic mass is 19.1. The second-order valence-electron chi connectivity index (χ2n) is 4.82. The minimum atomic E-state index is -0.489. The molecule has 0 aromatic heterocycles. The largest absolute Gasteiger partial charge is 0.389 e. The Hall–Kier alpha value is -1.01.